The molecule has 0 aromatic heterocycles. The number of rotatable bonds is 5. The minimum Gasteiger partial charge on any atom is -0.356 e. The third-order valence-electron chi connectivity index (χ3n) is 4.55. The molecule has 4 heteroatoms. The number of likely N-dealkylation sites (tertiary alicyclic amines) is 1. The van der Waals surface area contributed by atoms with Crippen LogP contribution in [0, 0.1) is 5.41 Å². The van der Waals surface area contributed by atoms with Crippen LogP contribution >= 0.6 is 0 Å². The van der Waals surface area contributed by atoms with E-state index in [1.54, 1.807) is 0 Å². The van der Waals surface area contributed by atoms with Gasteiger partial charge in [-0.25, -0.2) is 0 Å². The van der Waals surface area contributed by atoms with Crippen LogP contribution in [0.3, 0.4) is 0 Å². The van der Waals surface area contributed by atoms with Gasteiger partial charge >= 0.3 is 0 Å². The maximum absolute atomic E-state index is 4.36. The average Bonchev–Trinajstić information content (AvgIpc) is 3.26. The molecule has 122 valence electrons. The van der Waals surface area contributed by atoms with Gasteiger partial charge in [-0.1, -0.05) is 20.8 Å². The van der Waals surface area contributed by atoms with Crippen molar-refractivity contribution in [2.75, 3.05) is 26.7 Å². The van der Waals surface area contributed by atoms with Crippen molar-refractivity contribution in [1.82, 2.24) is 15.5 Å². The van der Waals surface area contributed by atoms with E-state index in [1.165, 1.54) is 51.6 Å². The van der Waals surface area contributed by atoms with Gasteiger partial charge in [0.2, 0.25) is 0 Å². The van der Waals surface area contributed by atoms with E-state index in [9.17, 15) is 0 Å². The van der Waals surface area contributed by atoms with Crippen molar-refractivity contribution in [3.63, 3.8) is 0 Å². The minimum absolute atomic E-state index is 0.425. The highest BCUT2D eigenvalue weighted by Gasteiger charge is 2.31. The molecule has 1 saturated carbocycles. The summed E-state index contributed by atoms with van der Waals surface area (Å²) in [5, 5.41) is 7.06. The van der Waals surface area contributed by atoms with Gasteiger partial charge in [-0.2, -0.15) is 0 Å². The van der Waals surface area contributed by atoms with Gasteiger partial charge in [0.15, 0.2) is 5.96 Å². The van der Waals surface area contributed by atoms with Gasteiger partial charge in [-0.3, -0.25) is 4.99 Å². The van der Waals surface area contributed by atoms with Crippen molar-refractivity contribution in [2.24, 2.45) is 10.4 Å². The largest absolute Gasteiger partial charge is 0.356 e. The van der Waals surface area contributed by atoms with E-state index >= 15 is 0 Å². The number of guanidine groups is 1. The summed E-state index contributed by atoms with van der Waals surface area (Å²) in [4.78, 5) is 7.03. The number of aliphatic imine (C=N–C) groups is 1. The molecule has 21 heavy (non-hydrogen) atoms. The van der Waals surface area contributed by atoms with Crippen molar-refractivity contribution >= 4 is 5.96 Å². The van der Waals surface area contributed by atoms with Crippen molar-refractivity contribution in [2.45, 2.75) is 71.4 Å². The fourth-order valence-electron chi connectivity index (χ4n) is 3.06. The van der Waals surface area contributed by atoms with Crippen LogP contribution in [-0.2, 0) is 0 Å². The van der Waals surface area contributed by atoms with Crippen LogP contribution in [0.25, 0.3) is 0 Å². The Morgan fingerprint density at radius 1 is 1.14 bits per heavy atom. The molecule has 2 aliphatic rings. The second-order valence-corrected chi connectivity index (χ2v) is 7.85. The highest BCUT2D eigenvalue weighted by Crippen LogP contribution is 2.29. The Morgan fingerprint density at radius 2 is 1.81 bits per heavy atom. The summed E-state index contributed by atoms with van der Waals surface area (Å²) in [5.41, 5.74) is 0.425. The average molecular weight is 294 g/mol. The molecular weight excluding hydrogens is 260 g/mol. The number of nitrogens with one attached hydrogen (secondary N) is 2. The van der Waals surface area contributed by atoms with E-state index in [0.717, 1.165) is 18.5 Å². The molecule has 0 aromatic carbocycles. The van der Waals surface area contributed by atoms with Gasteiger partial charge in [0.25, 0.3) is 0 Å². The standard InChI is InChI=1S/C17H34N4/c1-17(2,3)10-5-11-19-16(18-4)20-14-8-12-21(13-9-14)15-6-7-15/h14-15H,5-13H2,1-4H3,(H2,18,19,20). The topological polar surface area (TPSA) is 39.7 Å². The summed E-state index contributed by atoms with van der Waals surface area (Å²) in [7, 11) is 1.87. The summed E-state index contributed by atoms with van der Waals surface area (Å²) < 4.78 is 0. The zero-order chi connectivity index (χ0) is 15.3. The fourth-order valence-corrected chi connectivity index (χ4v) is 3.06. The Bertz CT molecular complexity index is 333. The normalized spacial score (nSPS) is 22.4. The van der Waals surface area contributed by atoms with Gasteiger partial charge in [0.05, 0.1) is 0 Å². The molecule has 0 unspecified atom stereocenters. The Labute approximate surface area is 130 Å². The molecule has 4 nitrogen and oxygen atoms in total. The summed E-state index contributed by atoms with van der Waals surface area (Å²) in [6.45, 7) is 10.4. The van der Waals surface area contributed by atoms with Crippen LogP contribution in [0.4, 0.5) is 0 Å². The number of hydrogen-bond acceptors (Lipinski definition) is 2. The second kappa shape index (κ2) is 7.48. The van der Waals surface area contributed by atoms with E-state index in [-0.39, 0.29) is 0 Å². The summed E-state index contributed by atoms with van der Waals surface area (Å²) in [6.07, 6.45) is 7.80. The minimum atomic E-state index is 0.425. The SMILES string of the molecule is CN=C(NCCCC(C)(C)C)NC1CCN(C2CC2)CC1. The van der Waals surface area contributed by atoms with Crippen LogP contribution in [0.5, 0.6) is 0 Å². The first-order chi connectivity index (χ1) is 9.98. The molecular formula is C17H34N4. The molecule has 2 fully saturated rings. The first-order valence-corrected chi connectivity index (χ1v) is 8.69. The lowest BCUT2D eigenvalue weighted by atomic mass is 9.91. The van der Waals surface area contributed by atoms with Gasteiger partial charge in [0, 0.05) is 38.8 Å². The van der Waals surface area contributed by atoms with Gasteiger partial charge in [0.1, 0.15) is 0 Å². The second-order valence-electron chi connectivity index (χ2n) is 7.85. The molecule has 1 aliphatic heterocycles. The van der Waals surface area contributed by atoms with Crippen LogP contribution in [-0.4, -0.2) is 49.6 Å². The first-order valence-electron chi connectivity index (χ1n) is 8.69. The lowest BCUT2D eigenvalue weighted by molar-refractivity contribution is 0.197. The molecule has 1 aliphatic carbocycles. The smallest absolute Gasteiger partial charge is 0.191 e. The van der Waals surface area contributed by atoms with Crippen molar-refractivity contribution in [1.29, 1.82) is 0 Å². The Balaban J connectivity index is 1.61. The van der Waals surface area contributed by atoms with Crippen LogP contribution < -0.4 is 10.6 Å². The first kappa shape index (κ1) is 16.6. The summed E-state index contributed by atoms with van der Waals surface area (Å²) in [5.74, 6) is 0.980. The molecule has 0 radical (unpaired) electrons. The Kier molecular flexibility index (Phi) is 5.91. The van der Waals surface area contributed by atoms with Crippen LogP contribution in [0.15, 0.2) is 4.99 Å². The highest BCUT2D eigenvalue weighted by atomic mass is 15.2. The van der Waals surface area contributed by atoms with Crippen LogP contribution in [0.1, 0.15) is 59.3 Å². The molecule has 0 bridgehead atoms. The van der Waals surface area contributed by atoms with Gasteiger partial charge < -0.3 is 15.5 Å². The van der Waals surface area contributed by atoms with Gasteiger partial charge in [-0.15, -0.1) is 0 Å². The molecule has 2 N–H and O–H groups in total. The van der Waals surface area contributed by atoms with Crippen molar-refractivity contribution in [3.8, 4) is 0 Å². The molecule has 0 aromatic rings. The van der Waals surface area contributed by atoms with Crippen molar-refractivity contribution < 1.29 is 0 Å². The fraction of sp³-hybridized carbons (Fsp3) is 0.941. The molecule has 1 heterocycles. The molecule has 1 saturated heterocycles. The predicted molar refractivity (Wildman–Crippen MR) is 90.8 cm³/mol. The maximum Gasteiger partial charge on any atom is 0.191 e. The summed E-state index contributed by atoms with van der Waals surface area (Å²) >= 11 is 0. The van der Waals surface area contributed by atoms with E-state index in [1.807, 2.05) is 7.05 Å². The van der Waals surface area contributed by atoms with Crippen molar-refractivity contribution in [3.05, 3.63) is 0 Å². The van der Waals surface area contributed by atoms with E-state index in [0.29, 0.717) is 11.5 Å². The predicted octanol–water partition coefficient (Wildman–Crippen LogP) is 2.60. The number of piperidine rings is 1. The quantitative estimate of drug-likeness (QED) is 0.465. The Hall–Kier alpha value is -0.770. The van der Waals surface area contributed by atoms with E-state index in [2.05, 4.69) is 41.3 Å². The lowest BCUT2D eigenvalue weighted by Gasteiger charge is -2.33. The third kappa shape index (κ3) is 6.25. The van der Waals surface area contributed by atoms with Gasteiger partial charge in [-0.05, 0) is 43.9 Å². The number of hydrogen-bond donors (Lipinski definition) is 2. The molecule has 0 amide bonds. The Morgan fingerprint density at radius 3 is 2.33 bits per heavy atom. The molecule has 0 spiro atoms. The summed E-state index contributed by atoms with van der Waals surface area (Å²) in [6, 6.07) is 1.51. The van der Waals surface area contributed by atoms with Crippen LogP contribution in [0.2, 0.25) is 0 Å². The number of nitrogens with zero attached hydrogens (tertiary/aromatic N) is 2. The molecule has 2 rings (SSSR count). The zero-order valence-corrected chi connectivity index (χ0v) is 14.4. The lowest BCUT2D eigenvalue weighted by Crippen LogP contribution is -2.49. The molecule has 0 atom stereocenters. The monoisotopic (exact) mass is 294 g/mol. The highest BCUT2D eigenvalue weighted by molar-refractivity contribution is 5.79. The van der Waals surface area contributed by atoms with E-state index < -0.39 is 0 Å². The third-order valence-corrected chi connectivity index (χ3v) is 4.55. The van der Waals surface area contributed by atoms with E-state index in [4.69, 9.17) is 0 Å². The zero-order valence-electron chi connectivity index (χ0n) is 14.4. The maximum atomic E-state index is 4.36.